The Labute approximate surface area is 409 Å². The number of aromatic nitrogens is 2. The third-order valence-electron chi connectivity index (χ3n) is 15.7. The quantitative estimate of drug-likeness (QED) is 0.162. The van der Waals surface area contributed by atoms with Crippen molar-refractivity contribution >= 4 is 83.7 Å². The highest BCUT2D eigenvalue weighted by molar-refractivity contribution is 6.93. The van der Waals surface area contributed by atoms with Gasteiger partial charge in [0.2, 0.25) is 0 Å². The highest BCUT2D eigenvalue weighted by atomic mass is 16.3. The summed E-state index contributed by atoms with van der Waals surface area (Å²) in [5.41, 5.74) is 20.9. The second kappa shape index (κ2) is 14.1. The Bertz CT molecular complexity index is 3780. The van der Waals surface area contributed by atoms with Crippen LogP contribution >= 0.6 is 0 Å². The van der Waals surface area contributed by atoms with Crippen molar-refractivity contribution in [2.24, 2.45) is 0 Å². The molecule has 0 aliphatic carbocycles. The van der Waals surface area contributed by atoms with Crippen molar-refractivity contribution in [3.05, 3.63) is 155 Å². The van der Waals surface area contributed by atoms with Crippen LogP contribution in [0.25, 0.3) is 77.3 Å². The summed E-state index contributed by atoms with van der Waals surface area (Å²) >= 11 is 0. The van der Waals surface area contributed by atoms with Crippen molar-refractivity contribution < 1.29 is 4.42 Å². The van der Waals surface area contributed by atoms with Crippen LogP contribution in [-0.4, -0.2) is 16.0 Å². The van der Waals surface area contributed by atoms with Crippen LogP contribution < -0.4 is 15.7 Å². The number of hydrogen-bond acceptors (Lipinski definition) is 2. The fourth-order valence-corrected chi connectivity index (χ4v) is 11.6. The summed E-state index contributed by atoms with van der Waals surface area (Å²) < 4.78 is 12.3. The van der Waals surface area contributed by atoms with Gasteiger partial charge in [0.1, 0.15) is 5.58 Å². The molecule has 5 heterocycles. The summed E-state index contributed by atoms with van der Waals surface area (Å²) in [6, 6.07) is 49.6. The van der Waals surface area contributed by atoms with Crippen molar-refractivity contribution in [3.8, 4) is 22.7 Å². The van der Waals surface area contributed by atoms with Crippen molar-refractivity contribution in [2.45, 2.75) is 131 Å². The van der Waals surface area contributed by atoms with Crippen molar-refractivity contribution in [1.82, 2.24) is 9.13 Å². The van der Waals surface area contributed by atoms with Gasteiger partial charge in [0, 0.05) is 49.6 Å². The highest BCUT2D eigenvalue weighted by Gasteiger charge is 2.47. The van der Waals surface area contributed by atoms with E-state index in [1.54, 1.807) is 0 Å². The predicted octanol–water partition coefficient (Wildman–Crippen LogP) is 16.4. The molecule has 12 rings (SSSR count). The molecule has 5 heteroatoms. The average molecular weight is 904 g/mol. The van der Waals surface area contributed by atoms with Crippen LogP contribution in [0.2, 0.25) is 0 Å². The van der Waals surface area contributed by atoms with Gasteiger partial charge in [-0.05, 0) is 145 Å². The number of benzene rings is 7. The molecular formula is C64H66BN3O. The minimum Gasteiger partial charge on any atom is -0.454 e. The lowest BCUT2D eigenvalue weighted by Gasteiger charge is -2.41. The predicted molar refractivity (Wildman–Crippen MR) is 297 cm³/mol. The number of fused-ring (bicyclic) bond motifs is 12. The maximum atomic E-state index is 7.16. The lowest BCUT2D eigenvalue weighted by Crippen LogP contribution is -2.60. The number of furan rings is 1. The lowest BCUT2D eigenvalue weighted by atomic mass is 9.43. The first-order chi connectivity index (χ1) is 32.4. The van der Waals surface area contributed by atoms with E-state index in [1.807, 2.05) is 0 Å². The van der Waals surface area contributed by atoms with E-state index in [1.165, 1.54) is 99.3 Å². The monoisotopic (exact) mass is 904 g/mol. The number of anilines is 2. The number of hydrogen-bond donors (Lipinski definition) is 0. The molecule has 346 valence electrons. The standard InChI is InChI=1S/C64H66BN3O/c1-60(2,3)37-20-25-42(26-21-37)66-51-29-24-39(62(7,8)9)30-45(51)46-35-53-47(36-52(46)66)48-31-40(63(10,11)12)33-50-57(48)67(53)54-34-41(64(13,14)15)32-49-56(54)65(50)68(43-27-22-38(23-28-43)61(4,5)6)58-44-18-16-17-19-55(44)69-59(49)58/h16-36H,1-15H3. The smallest absolute Gasteiger partial charge is 0.333 e. The lowest BCUT2D eigenvalue weighted by molar-refractivity contribution is 0.588. The maximum Gasteiger partial charge on any atom is 0.333 e. The third-order valence-corrected chi connectivity index (χ3v) is 15.7. The van der Waals surface area contributed by atoms with Crippen LogP contribution in [0, 0.1) is 0 Å². The van der Waals surface area contributed by atoms with E-state index in [9.17, 15) is 0 Å². The molecule has 0 saturated carbocycles. The van der Waals surface area contributed by atoms with E-state index in [2.05, 4.69) is 245 Å². The molecule has 7 aromatic carbocycles. The van der Waals surface area contributed by atoms with Crippen molar-refractivity contribution in [3.63, 3.8) is 0 Å². The summed E-state index contributed by atoms with van der Waals surface area (Å²) in [6.45, 7) is 34.8. The van der Waals surface area contributed by atoms with E-state index < -0.39 is 0 Å². The zero-order valence-corrected chi connectivity index (χ0v) is 43.5. The number of rotatable bonds is 2. The fraction of sp³-hybridized carbons (Fsp3) is 0.312. The van der Waals surface area contributed by atoms with Crippen LogP contribution in [0.3, 0.4) is 0 Å². The van der Waals surface area contributed by atoms with Crippen LogP contribution in [-0.2, 0) is 27.1 Å². The molecule has 69 heavy (non-hydrogen) atoms. The van der Waals surface area contributed by atoms with Crippen molar-refractivity contribution in [1.29, 1.82) is 0 Å². The minimum absolute atomic E-state index is 0.00895. The van der Waals surface area contributed by atoms with Crippen LogP contribution in [0.15, 0.2) is 132 Å². The van der Waals surface area contributed by atoms with Gasteiger partial charge in [-0.1, -0.05) is 152 Å². The largest absolute Gasteiger partial charge is 0.454 e. The Kier molecular flexibility index (Phi) is 8.94. The third kappa shape index (κ3) is 6.48. The Hall–Kier alpha value is -6.46. The Morgan fingerprint density at radius 1 is 0.406 bits per heavy atom. The molecule has 0 radical (unpaired) electrons. The van der Waals surface area contributed by atoms with E-state index in [-0.39, 0.29) is 33.9 Å². The minimum atomic E-state index is -0.127. The van der Waals surface area contributed by atoms with E-state index >= 15 is 0 Å². The van der Waals surface area contributed by atoms with Crippen LogP contribution in [0.5, 0.6) is 0 Å². The maximum absolute atomic E-state index is 7.16. The number of nitrogens with zero attached hydrogens (tertiary/aromatic N) is 3. The second-order valence-corrected chi connectivity index (χ2v) is 25.6. The molecule has 0 saturated heterocycles. The van der Waals surface area contributed by atoms with Gasteiger partial charge in [0.15, 0.2) is 5.76 Å². The molecular weight excluding hydrogens is 838 g/mol. The van der Waals surface area contributed by atoms with Gasteiger partial charge in [-0.2, -0.15) is 0 Å². The van der Waals surface area contributed by atoms with Gasteiger partial charge in [-0.15, -0.1) is 0 Å². The zero-order chi connectivity index (χ0) is 48.6. The Morgan fingerprint density at radius 2 is 0.913 bits per heavy atom. The first kappa shape index (κ1) is 43.8. The SMILES string of the molecule is CC(C)(C)c1ccc(N2B3c4c(cc(C(C)(C)C)cc4-n4c5cc6c7cc(C(C)(C)C)ccc7n(-c7ccc(C(C)(C)C)cc7)c6cc5c5cc(C(C)(C)C)cc3c54)-c3oc4ccccc4c32)cc1. The molecule has 0 fully saturated rings. The van der Waals surface area contributed by atoms with Gasteiger partial charge >= 0.3 is 6.85 Å². The highest BCUT2D eigenvalue weighted by Crippen LogP contribution is 2.51. The first-order valence-electron chi connectivity index (χ1n) is 25.2. The van der Waals surface area contributed by atoms with E-state index in [4.69, 9.17) is 4.42 Å². The molecule has 0 atom stereocenters. The molecule has 2 aliphatic heterocycles. The average Bonchev–Trinajstić information content (AvgIpc) is 3.93. The molecule has 3 aromatic heterocycles. The van der Waals surface area contributed by atoms with Crippen molar-refractivity contribution in [2.75, 3.05) is 4.81 Å². The molecule has 0 spiro atoms. The molecule has 0 unspecified atom stereocenters. The van der Waals surface area contributed by atoms with Gasteiger partial charge in [-0.25, -0.2) is 0 Å². The summed E-state index contributed by atoms with van der Waals surface area (Å²) in [4.78, 5) is 2.63. The summed E-state index contributed by atoms with van der Waals surface area (Å²) in [7, 11) is 0. The molecule has 0 amide bonds. The summed E-state index contributed by atoms with van der Waals surface area (Å²) in [5.74, 6) is 0.940. The van der Waals surface area contributed by atoms with E-state index in [0.717, 1.165) is 28.1 Å². The first-order valence-corrected chi connectivity index (χ1v) is 25.2. The van der Waals surface area contributed by atoms with Crippen LogP contribution in [0.4, 0.5) is 11.4 Å². The molecule has 4 nitrogen and oxygen atoms in total. The second-order valence-electron chi connectivity index (χ2n) is 25.6. The Balaban J connectivity index is 1.26. The number of para-hydroxylation sites is 1. The van der Waals surface area contributed by atoms with E-state index in [0.29, 0.717) is 0 Å². The topological polar surface area (TPSA) is 26.2 Å². The zero-order valence-electron chi connectivity index (χ0n) is 43.5. The summed E-state index contributed by atoms with van der Waals surface area (Å²) in [6.07, 6.45) is 0. The van der Waals surface area contributed by atoms with Gasteiger partial charge in [-0.3, -0.25) is 0 Å². The fourth-order valence-electron chi connectivity index (χ4n) is 11.6. The molecule has 2 aliphatic rings. The van der Waals surface area contributed by atoms with Gasteiger partial charge < -0.3 is 18.4 Å². The normalized spacial score (nSPS) is 14.2. The summed E-state index contributed by atoms with van der Waals surface area (Å²) in [5, 5.41) is 6.25. The van der Waals surface area contributed by atoms with Gasteiger partial charge in [0.05, 0.1) is 27.8 Å². The van der Waals surface area contributed by atoms with Crippen LogP contribution in [0.1, 0.15) is 132 Å². The van der Waals surface area contributed by atoms with Gasteiger partial charge in [0.25, 0.3) is 0 Å². The molecule has 0 bridgehead atoms. The Morgan fingerprint density at radius 3 is 1.52 bits per heavy atom. The molecule has 0 N–H and O–H groups in total. The molecule has 10 aromatic rings.